The maximum Gasteiger partial charge on any atom is 0.120 e. The van der Waals surface area contributed by atoms with Crippen LogP contribution in [0.2, 0.25) is 0 Å². The highest BCUT2D eigenvalue weighted by Crippen LogP contribution is 2.15. The first kappa shape index (κ1) is 16.6. The molecular weight excluding hydrogens is 270 g/mol. The zero-order valence-electron chi connectivity index (χ0n) is 13.8. The van der Waals surface area contributed by atoms with Gasteiger partial charge in [-0.2, -0.15) is 0 Å². The van der Waals surface area contributed by atoms with Crippen molar-refractivity contribution >= 4 is 0 Å². The van der Waals surface area contributed by atoms with Gasteiger partial charge in [0.15, 0.2) is 0 Å². The minimum atomic E-state index is 0.620. The lowest BCUT2D eigenvalue weighted by molar-refractivity contribution is 0.306. The molecule has 2 nitrogen and oxygen atoms in total. The summed E-state index contributed by atoms with van der Waals surface area (Å²) in [5, 5.41) is 3.49. The highest BCUT2D eigenvalue weighted by molar-refractivity contribution is 5.29. The number of hydrogen-bond donors (Lipinski definition) is 1. The first-order valence-electron chi connectivity index (χ1n) is 8.26. The normalized spacial score (nSPS) is 10.6. The summed E-state index contributed by atoms with van der Waals surface area (Å²) < 4.78 is 5.90. The van der Waals surface area contributed by atoms with Gasteiger partial charge in [0.2, 0.25) is 0 Å². The van der Waals surface area contributed by atoms with Crippen LogP contribution in [-0.2, 0) is 13.2 Å². The van der Waals surface area contributed by atoms with Crippen LogP contribution in [0.15, 0.2) is 48.5 Å². The van der Waals surface area contributed by atoms with Gasteiger partial charge in [-0.25, -0.2) is 0 Å². The molecule has 0 amide bonds. The Morgan fingerprint density at radius 3 is 2.59 bits per heavy atom. The number of nitrogens with one attached hydrogen (secondary N) is 1. The zero-order chi connectivity index (χ0) is 15.6. The standard InChI is InChI=1S/C20H27NO/c1-3-4-5-12-21-15-18-9-7-11-20(14-18)22-16-19-10-6-8-17(2)13-19/h6-11,13-14,21H,3-5,12,15-16H2,1-2H3. The van der Waals surface area contributed by atoms with E-state index in [0.29, 0.717) is 6.61 Å². The Morgan fingerprint density at radius 1 is 0.955 bits per heavy atom. The molecule has 0 bridgehead atoms. The van der Waals surface area contributed by atoms with Gasteiger partial charge in [-0.05, 0) is 43.1 Å². The van der Waals surface area contributed by atoms with Gasteiger partial charge >= 0.3 is 0 Å². The van der Waals surface area contributed by atoms with Crippen LogP contribution in [0.4, 0.5) is 0 Å². The van der Waals surface area contributed by atoms with Crippen molar-refractivity contribution < 1.29 is 4.74 Å². The van der Waals surface area contributed by atoms with Crippen molar-refractivity contribution in [2.24, 2.45) is 0 Å². The molecule has 2 rings (SSSR count). The Hall–Kier alpha value is -1.80. The van der Waals surface area contributed by atoms with Crippen LogP contribution >= 0.6 is 0 Å². The van der Waals surface area contributed by atoms with Gasteiger partial charge in [-0.3, -0.25) is 0 Å². The molecule has 0 saturated heterocycles. The Kier molecular flexibility index (Phi) is 6.98. The van der Waals surface area contributed by atoms with E-state index >= 15 is 0 Å². The third-order valence-corrected chi connectivity index (χ3v) is 3.67. The average Bonchev–Trinajstić information content (AvgIpc) is 2.53. The maximum atomic E-state index is 5.90. The minimum Gasteiger partial charge on any atom is -0.489 e. The molecule has 0 aromatic heterocycles. The van der Waals surface area contributed by atoms with Gasteiger partial charge in [0.1, 0.15) is 12.4 Å². The van der Waals surface area contributed by atoms with Gasteiger partial charge in [-0.15, -0.1) is 0 Å². The van der Waals surface area contributed by atoms with Crippen molar-refractivity contribution in [2.45, 2.75) is 46.3 Å². The quantitative estimate of drug-likeness (QED) is 0.668. The van der Waals surface area contributed by atoms with Crippen LogP contribution in [0.3, 0.4) is 0 Å². The van der Waals surface area contributed by atoms with E-state index in [2.05, 4.69) is 61.6 Å². The topological polar surface area (TPSA) is 21.3 Å². The molecule has 2 aromatic carbocycles. The summed E-state index contributed by atoms with van der Waals surface area (Å²) in [6, 6.07) is 16.8. The van der Waals surface area contributed by atoms with Gasteiger partial charge in [-0.1, -0.05) is 61.7 Å². The molecule has 0 unspecified atom stereocenters. The highest BCUT2D eigenvalue weighted by Gasteiger charge is 1.99. The van der Waals surface area contributed by atoms with E-state index in [0.717, 1.165) is 18.8 Å². The molecule has 2 aromatic rings. The third-order valence-electron chi connectivity index (χ3n) is 3.67. The second-order valence-corrected chi connectivity index (χ2v) is 5.81. The van der Waals surface area contributed by atoms with Crippen molar-refractivity contribution in [3.05, 3.63) is 65.2 Å². The fourth-order valence-corrected chi connectivity index (χ4v) is 2.45. The van der Waals surface area contributed by atoms with E-state index in [4.69, 9.17) is 4.74 Å². The smallest absolute Gasteiger partial charge is 0.120 e. The van der Waals surface area contributed by atoms with Crippen LogP contribution in [0.5, 0.6) is 5.75 Å². The SMILES string of the molecule is CCCCCNCc1cccc(OCc2cccc(C)c2)c1. The summed E-state index contributed by atoms with van der Waals surface area (Å²) >= 11 is 0. The van der Waals surface area contributed by atoms with Crippen molar-refractivity contribution in [1.29, 1.82) is 0 Å². The van der Waals surface area contributed by atoms with Crippen LogP contribution in [0.25, 0.3) is 0 Å². The number of rotatable bonds is 9. The predicted octanol–water partition coefficient (Wildman–Crippen LogP) is 4.85. The molecule has 2 heteroatoms. The fourth-order valence-electron chi connectivity index (χ4n) is 2.45. The number of aryl methyl sites for hydroxylation is 1. The summed E-state index contributed by atoms with van der Waals surface area (Å²) in [7, 11) is 0. The van der Waals surface area contributed by atoms with E-state index in [1.54, 1.807) is 0 Å². The Morgan fingerprint density at radius 2 is 1.77 bits per heavy atom. The summed E-state index contributed by atoms with van der Waals surface area (Å²) in [6.07, 6.45) is 3.82. The van der Waals surface area contributed by atoms with Gasteiger partial charge in [0.05, 0.1) is 0 Å². The van der Waals surface area contributed by atoms with Gasteiger partial charge in [0, 0.05) is 6.54 Å². The van der Waals surface area contributed by atoms with Crippen LogP contribution in [0, 0.1) is 6.92 Å². The maximum absolute atomic E-state index is 5.90. The van der Waals surface area contributed by atoms with E-state index < -0.39 is 0 Å². The molecule has 1 N–H and O–H groups in total. The number of unbranched alkanes of at least 4 members (excludes halogenated alkanes) is 2. The number of ether oxygens (including phenoxy) is 1. The number of hydrogen-bond acceptors (Lipinski definition) is 2. The second kappa shape index (κ2) is 9.26. The summed E-state index contributed by atoms with van der Waals surface area (Å²) in [4.78, 5) is 0. The summed E-state index contributed by atoms with van der Waals surface area (Å²) in [5.74, 6) is 0.939. The molecular formula is C20H27NO. The lowest BCUT2D eigenvalue weighted by Gasteiger charge is -2.09. The zero-order valence-corrected chi connectivity index (χ0v) is 13.8. The van der Waals surface area contributed by atoms with Crippen molar-refractivity contribution in [3.63, 3.8) is 0 Å². The van der Waals surface area contributed by atoms with E-state index in [1.165, 1.54) is 36.0 Å². The van der Waals surface area contributed by atoms with Gasteiger partial charge in [0.25, 0.3) is 0 Å². The largest absolute Gasteiger partial charge is 0.489 e. The first-order valence-corrected chi connectivity index (χ1v) is 8.26. The Bertz CT molecular complexity index is 565. The molecule has 0 atom stereocenters. The van der Waals surface area contributed by atoms with Gasteiger partial charge < -0.3 is 10.1 Å². The summed E-state index contributed by atoms with van der Waals surface area (Å²) in [5.41, 5.74) is 3.76. The molecule has 0 aliphatic rings. The average molecular weight is 297 g/mol. The highest BCUT2D eigenvalue weighted by atomic mass is 16.5. The van der Waals surface area contributed by atoms with Crippen molar-refractivity contribution in [1.82, 2.24) is 5.32 Å². The van der Waals surface area contributed by atoms with Crippen molar-refractivity contribution in [3.8, 4) is 5.75 Å². The molecule has 0 saturated carbocycles. The molecule has 118 valence electrons. The fraction of sp³-hybridized carbons (Fsp3) is 0.400. The van der Waals surface area contributed by atoms with Crippen LogP contribution < -0.4 is 10.1 Å². The second-order valence-electron chi connectivity index (χ2n) is 5.81. The van der Waals surface area contributed by atoms with E-state index in [1.807, 2.05) is 6.07 Å². The molecule has 0 heterocycles. The van der Waals surface area contributed by atoms with Crippen LogP contribution in [0.1, 0.15) is 42.9 Å². The van der Waals surface area contributed by atoms with E-state index in [9.17, 15) is 0 Å². The first-order chi connectivity index (χ1) is 10.8. The Labute approximate surface area is 134 Å². The molecule has 0 fully saturated rings. The van der Waals surface area contributed by atoms with Crippen LogP contribution in [-0.4, -0.2) is 6.54 Å². The van der Waals surface area contributed by atoms with E-state index in [-0.39, 0.29) is 0 Å². The molecule has 0 aliphatic heterocycles. The predicted molar refractivity (Wildman–Crippen MR) is 93.2 cm³/mol. The lowest BCUT2D eigenvalue weighted by atomic mass is 10.1. The number of benzene rings is 2. The molecule has 0 radical (unpaired) electrons. The molecule has 0 aliphatic carbocycles. The third kappa shape index (κ3) is 5.90. The monoisotopic (exact) mass is 297 g/mol. The molecule has 0 spiro atoms. The minimum absolute atomic E-state index is 0.620. The Balaban J connectivity index is 1.80. The van der Waals surface area contributed by atoms with Crippen molar-refractivity contribution in [2.75, 3.05) is 6.54 Å². The molecule has 22 heavy (non-hydrogen) atoms. The summed E-state index contributed by atoms with van der Waals surface area (Å²) in [6.45, 7) is 6.95. The lowest BCUT2D eigenvalue weighted by Crippen LogP contribution is -2.14.